The molecule has 0 aromatic rings. The van der Waals surface area contributed by atoms with Gasteiger partial charge in [-0.2, -0.15) is 0 Å². The zero-order valence-electron chi connectivity index (χ0n) is 4.32. The summed E-state index contributed by atoms with van der Waals surface area (Å²) in [6.07, 6.45) is 0. The molecule has 0 bridgehead atoms. The smallest absolute Gasteiger partial charge is 0.00366 e. The van der Waals surface area contributed by atoms with Crippen molar-refractivity contribution in [2.45, 2.75) is 0 Å². The second kappa shape index (κ2) is 10600. The van der Waals surface area contributed by atoms with E-state index in [1.807, 2.05) is 0 Å². The van der Waals surface area contributed by atoms with E-state index in [-0.39, 0.29) is 38.2 Å². The average molecular weight is 155 g/mol. The van der Waals surface area contributed by atoms with Gasteiger partial charge in [0, 0.05) is 5.34 Å². The molecule has 0 fully saturated rings. The Hall–Kier alpha value is -0.840. The molecular weight excluding hydrogens is 142 g/mol. The van der Waals surface area contributed by atoms with E-state index in [9.17, 15) is 0 Å². The first kappa shape index (κ1) is 311. The lowest BCUT2D eigenvalue weighted by Crippen LogP contribution is -2.53. The van der Waals surface area contributed by atoms with Crippen molar-refractivity contribution in [3.05, 3.63) is 10.1 Å². The molecule has 0 heterocycles. The van der Waals surface area contributed by atoms with Crippen molar-refractivity contribution < 1.29 is 38.2 Å². The third-order valence-electron chi connectivity index (χ3n) is 0. The minimum atomic E-state index is 0. The summed E-state index contributed by atoms with van der Waals surface area (Å²) in [6, 6.07) is 0. The zero-order chi connectivity index (χ0) is 2.71. The summed E-state index contributed by atoms with van der Waals surface area (Å²) in [4.78, 5) is 8.12. The fourth-order valence-corrected chi connectivity index (χ4v) is 0. The number of hydrogen-bond acceptors (Lipinski definition) is 2. The summed E-state index contributed by atoms with van der Waals surface area (Å²) >= 11 is 0. The van der Waals surface area contributed by atoms with E-state index in [0.717, 1.165) is 0 Å². The van der Waals surface area contributed by atoms with Gasteiger partial charge in [0.15, 0.2) is 0 Å². The van der Waals surface area contributed by atoms with Gasteiger partial charge >= 0.3 is 0 Å². The van der Waals surface area contributed by atoms with Gasteiger partial charge in [-0.1, -0.05) is 0 Å². The van der Waals surface area contributed by atoms with E-state index in [2.05, 4.69) is 0 Å². The second-order valence-electron chi connectivity index (χ2n) is 0.0833. The first-order valence-corrected chi connectivity index (χ1v) is 0.408. The Morgan fingerprint density at radius 3 is 0.778 bits per heavy atom. The average Bonchev–Trinajstić information content (AvgIpc) is 0.918. The van der Waals surface area contributed by atoms with E-state index in [1.54, 1.807) is 0 Å². The van der Waals surface area contributed by atoms with Crippen LogP contribution in [-0.4, -0.2) is 32.9 Å². The minimum absolute atomic E-state index is 0. The van der Waals surface area contributed by atoms with Gasteiger partial charge in [0.1, 0.15) is 0 Å². The topological polar surface area (TPSA) is 243 Å². The standard InChI is InChI=1S/HNO2.6H2O/c2-1-3;;;;;;/h1H;6*1H2. The van der Waals surface area contributed by atoms with Crippen molar-refractivity contribution >= 4 is 0 Å². The SMILES string of the molecule is O.O.O.O.O.O.O=[NH+][O-]. The van der Waals surface area contributed by atoms with Gasteiger partial charge in [0.25, 0.3) is 0 Å². The van der Waals surface area contributed by atoms with Crippen molar-refractivity contribution in [3.8, 4) is 0 Å². The molecule has 0 atom stereocenters. The molecular formula is H13NO8. The van der Waals surface area contributed by atoms with Crippen LogP contribution in [0.2, 0.25) is 0 Å². The molecule has 0 radical (unpaired) electrons. The molecule has 0 aliphatic carbocycles. The highest BCUT2D eigenvalue weighted by Gasteiger charge is 1.10. The predicted octanol–water partition coefficient (Wildman–Crippen LogP) is -6.62. The van der Waals surface area contributed by atoms with Gasteiger partial charge in [-0.15, -0.1) is 0 Å². The molecule has 0 rings (SSSR count). The molecule has 0 aliphatic heterocycles. The minimum Gasteiger partial charge on any atom is -0.412 e. The van der Waals surface area contributed by atoms with Gasteiger partial charge in [-0.25, -0.2) is 0 Å². The molecule has 0 spiro atoms. The van der Waals surface area contributed by atoms with Crippen LogP contribution < -0.4 is 5.34 Å². The monoisotopic (exact) mass is 155 g/mol. The van der Waals surface area contributed by atoms with Crippen LogP contribution in [-0.2, 0) is 0 Å². The summed E-state index contributed by atoms with van der Waals surface area (Å²) in [5, 5.41) is 8.38. The van der Waals surface area contributed by atoms with Gasteiger partial charge in [-0.05, 0) is 0 Å². The van der Waals surface area contributed by atoms with Crippen LogP contribution >= 0.6 is 0 Å². The van der Waals surface area contributed by atoms with Crippen LogP contribution in [0, 0.1) is 10.1 Å². The summed E-state index contributed by atoms with van der Waals surface area (Å²) in [7, 11) is 0. The zero-order valence-corrected chi connectivity index (χ0v) is 4.32. The first-order valence-electron chi connectivity index (χ1n) is 0.408. The van der Waals surface area contributed by atoms with Gasteiger partial charge in [0.05, 0.1) is 0 Å². The van der Waals surface area contributed by atoms with Crippen LogP contribution in [0.5, 0.6) is 0 Å². The van der Waals surface area contributed by atoms with E-state index in [0.29, 0.717) is 0 Å². The lowest BCUT2D eigenvalue weighted by Gasteiger charge is -1.36. The van der Waals surface area contributed by atoms with Crippen molar-refractivity contribution in [1.29, 1.82) is 0 Å². The first-order chi connectivity index (χ1) is 1.41. The molecule has 66 valence electrons. The normalized spacial score (nSPS) is 1.33. The maximum absolute atomic E-state index is 8.12. The van der Waals surface area contributed by atoms with Crippen molar-refractivity contribution in [2.75, 3.05) is 0 Å². The molecule has 0 amide bonds. The fraction of sp³-hybridized carbons (Fsp3) is 0. The fourth-order valence-electron chi connectivity index (χ4n) is 0. The molecule has 13 N–H and O–H groups in total. The van der Waals surface area contributed by atoms with Crippen LogP contribution in [0.4, 0.5) is 0 Å². The maximum atomic E-state index is 8.12. The molecule has 9 heavy (non-hydrogen) atoms. The molecule has 0 aliphatic rings. The predicted molar refractivity (Wildman–Crippen MR) is 29.4 cm³/mol. The molecule has 0 aromatic heterocycles. The van der Waals surface area contributed by atoms with Crippen LogP contribution in [0.25, 0.3) is 0 Å². The maximum Gasteiger partial charge on any atom is 0.00366 e. The Morgan fingerprint density at radius 1 is 0.778 bits per heavy atom. The third kappa shape index (κ3) is 270. The van der Waals surface area contributed by atoms with Crippen molar-refractivity contribution in [1.82, 2.24) is 0 Å². The Kier molecular flexibility index (Phi) is 367000. The largest absolute Gasteiger partial charge is 0.412 e. The molecule has 0 aromatic carbocycles. The molecule has 9 nitrogen and oxygen atoms in total. The third-order valence-corrected chi connectivity index (χ3v) is 0. The van der Waals surface area contributed by atoms with Crippen LogP contribution in [0.1, 0.15) is 0 Å². The highest BCUT2D eigenvalue weighted by Crippen LogP contribution is 0.618. The van der Waals surface area contributed by atoms with Crippen LogP contribution in [0.3, 0.4) is 0 Å². The van der Waals surface area contributed by atoms with Gasteiger partial charge < -0.3 is 32.9 Å². The van der Waals surface area contributed by atoms with Crippen LogP contribution in [0.15, 0.2) is 0 Å². The van der Waals surface area contributed by atoms with E-state index in [1.165, 1.54) is 0 Å². The van der Waals surface area contributed by atoms with E-state index < -0.39 is 0 Å². The Labute approximate surface area is 49.7 Å². The second-order valence-corrected chi connectivity index (χ2v) is 0.0833. The molecule has 0 saturated carbocycles. The quantitative estimate of drug-likeness (QED) is 0.264. The summed E-state index contributed by atoms with van der Waals surface area (Å²) in [5.41, 5.74) is 0. The molecule has 0 saturated heterocycles. The highest BCUT2D eigenvalue weighted by atomic mass is 16.6. The Morgan fingerprint density at radius 2 is 0.778 bits per heavy atom. The summed E-state index contributed by atoms with van der Waals surface area (Å²) < 4.78 is 0. The summed E-state index contributed by atoms with van der Waals surface area (Å²) in [5.74, 6) is 0. The van der Waals surface area contributed by atoms with Crippen molar-refractivity contribution in [3.63, 3.8) is 0 Å². The number of hydrogen-bond donors (Lipinski definition) is 1. The Balaban J connectivity index is -0.00000000133. The highest BCUT2D eigenvalue weighted by molar-refractivity contribution is 3.77. The van der Waals surface area contributed by atoms with E-state index in [4.69, 9.17) is 10.1 Å². The van der Waals surface area contributed by atoms with E-state index >= 15 is 0 Å². The molecule has 0 unspecified atom stereocenters. The van der Waals surface area contributed by atoms with Crippen molar-refractivity contribution in [2.24, 2.45) is 0 Å². The molecule has 9 heteroatoms. The lowest BCUT2D eigenvalue weighted by molar-refractivity contribution is -0.398. The summed E-state index contributed by atoms with van der Waals surface area (Å²) in [6.45, 7) is 0. The van der Waals surface area contributed by atoms with Gasteiger partial charge in [0.2, 0.25) is 0 Å². The Bertz CT molecular complexity index is 12.0. The lowest BCUT2D eigenvalue weighted by atomic mass is 13.4. The number of nitrogens with one attached hydrogen (secondary N) is 1. The number of rotatable bonds is 0. The van der Waals surface area contributed by atoms with Gasteiger partial charge in [-0.3, -0.25) is 10.1 Å².